The number of amides is 3. The van der Waals surface area contributed by atoms with Crippen LogP contribution >= 0.6 is 23.1 Å². The summed E-state index contributed by atoms with van der Waals surface area (Å²) in [6.45, 7) is 7.32. The van der Waals surface area contributed by atoms with Gasteiger partial charge in [0.15, 0.2) is 0 Å². The second kappa shape index (κ2) is 8.28. The number of carbonyl (C=O) groups is 2. The molecule has 0 aliphatic rings. The van der Waals surface area contributed by atoms with Crippen LogP contribution in [0.3, 0.4) is 0 Å². The maximum absolute atomic E-state index is 12.4. The van der Waals surface area contributed by atoms with Gasteiger partial charge in [-0.2, -0.15) is 0 Å². The van der Waals surface area contributed by atoms with Crippen LogP contribution in [0, 0.1) is 0 Å². The van der Waals surface area contributed by atoms with Crippen molar-refractivity contribution >= 4 is 45.3 Å². The monoisotopic (exact) mass is 414 g/mol. The number of nitrogens with one attached hydrogen (secondary N) is 2. The lowest BCUT2D eigenvalue weighted by atomic mass is 10.1. The van der Waals surface area contributed by atoms with E-state index >= 15 is 0 Å². The number of urea groups is 1. The second-order valence-electron chi connectivity index (χ2n) is 7.33. The second-order valence-corrected chi connectivity index (χ2v) is 9.69. The topological polar surface area (TPSA) is 84.0 Å². The molecule has 2 heterocycles. The molecule has 146 valence electrons. The first-order valence-corrected chi connectivity index (χ1v) is 10.5. The lowest BCUT2D eigenvalue weighted by Crippen LogP contribution is -2.49. The van der Waals surface area contributed by atoms with E-state index in [4.69, 9.17) is 0 Å². The Morgan fingerprint density at radius 2 is 1.86 bits per heavy atom. The fourth-order valence-electron chi connectivity index (χ4n) is 2.48. The SMILES string of the molecule is CC(Sc1ncnc2sc(-c3ccccc3)cc12)C(=O)NC(=O)NC(C)(C)C. The third-order valence-corrected chi connectivity index (χ3v) is 5.94. The van der Waals surface area contributed by atoms with Crippen molar-refractivity contribution < 1.29 is 9.59 Å². The summed E-state index contributed by atoms with van der Waals surface area (Å²) in [5.74, 6) is -0.364. The van der Waals surface area contributed by atoms with Gasteiger partial charge in [0.2, 0.25) is 5.91 Å². The number of thiophene rings is 1. The molecular formula is C20H22N4O2S2. The van der Waals surface area contributed by atoms with E-state index in [1.165, 1.54) is 18.1 Å². The minimum absolute atomic E-state index is 0.364. The smallest absolute Gasteiger partial charge is 0.321 e. The van der Waals surface area contributed by atoms with Crippen molar-refractivity contribution in [3.05, 3.63) is 42.7 Å². The third kappa shape index (κ3) is 5.08. The standard InChI is InChI=1S/C20H22N4O2S2/c1-12(16(25)23-19(26)24-20(2,3)4)27-17-14-10-15(13-8-6-5-7-9-13)28-18(14)22-11-21-17/h5-12H,1-4H3,(H2,23,24,25,26). The average molecular weight is 415 g/mol. The number of carbonyl (C=O) groups excluding carboxylic acids is 2. The number of thioether (sulfide) groups is 1. The zero-order valence-corrected chi connectivity index (χ0v) is 17.8. The molecule has 0 saturated heterocycles. The number of aromatic nitrogens is 2. The van der Waals surface area contributed by atoms with Crippen molar-refractivity contribution in [2.24, 2.45) is 0 Å². The predicted molar refractivity (Wildman–Crippen MR) is 115 cm³/mol. The Morgan fingerprint density at radius 1 is 1.14 bits per heavy atom. The molecule has 2 N–H and O–H groups in total. The van der Waals surface area contributed by atoms with Crippen molar-refractivity contribution in [3.8, 4) is 10.4 Å². The molecule has 0 fully saturated rings. The van der Waals surface area contributed by atoms with Crippen LogP contribution in [0.15, 0.2) is 47.8 Å². The molecule has 1 atom stereocenters. The Balaban J connectivity index is 1.76. The highest BCUT2D eigenvalue weighted by molar-refractivity contribution is 8.00. The molecule has 0 bridgehead atoms. The van der Waals surface area contributed by atoms with Crippen molar-refractivity contribution in [3.63, 3.8) is 0 Å². The van der Waals surface area contributed by atoms with Crippen LogP contribution in [0.4, 0.5) is 4.79 Å². The van der Waals surface area contributed by atoms with Gasteiger partial charge >= 0.3 is 6.03 Å². The molecule has 0 spiro atoms. The molecule has 0 aliphatic carbocycles. The van der Waals surface area contributed by atoms with E-state index in [9.17, 15) is 9.59 Å². The maximum atomic E-state index is 12.4. The molecule has 3 amide bonds. The van der Waals surface area contributed by atoms with Crippen LogP contribution in [0.2, 0.25) is 0 Å². The molecule has 3 aromatic rings. The lowest BCUT2D eigenvalue weighted by molar-refractivity contribution is -0.119. The molecule has 2 aromatic heterocycles. The largest absolute Gasteiger partial charge is 0.333 e. The molecule has 8 heteroatoms. The fraction of sp³-hybridized carbons (Fsp3) is 0.300. The van der Waals surface area contributed by atoms with E-state index in [2.05, 4.69) is 38.8 Å². The van der Waals surface area contributed by atoms with E-state index in [1.807, 2.05) is 39.0 Å². The van der Waals surface area contributed by atoms with Crippen molar-refractivity contribution in [2.45, 2.75) is 43.5 Å². The first-order chi connectivity index (χ1) is 13.2. The van der Waals surface area contributed by atoms with Gasteiger partial charge in [-0.3, -0.25) is 10.1 Å². The van der Waals surface area contributed by atoms with Crippen LogP contribution in [0.1, 0.15) is 27.7 Å². The number of nitrogens with zero attached hydrogens (tertiary/aromatic N) is 2. The number of hydrogen-bond acceptors (Lipinski definition) is 6. The van der Waals surface area contributed by atoms with Gasteiger partial charge in [0.05, 0.1) is 5.25 Å². The summed E-state index contributed by atoms with van der Waals surface area (Å²) in [6.07, 6.45) is 1.51. The Labute approximate surface area is 172 Å². The molecule has 3 rings (SSSR count). The Morgan fingerprint density at radius 3 is 2.54 bits per heavy atom. The van der Waals surface area contributed by atoms with Crippen LogP contribution in [-0.4, -0.2) is 32.7 Å². The van der Waals surface area contributed by atoms with E-state index < -0.39 is 16.8 Å². The van der Waals surface area contributed by atoms with E-state index in [0.717, 1.165) is 25.7 Å². The Kier molecular flexibility index (Phi) is 6.00. The molecule has 1 aromatic carbocycles. The Bertz CT molecular complexity index is 996. The number of imide groups is 1. The Hall–Kier alpha value is -2.45. The van der Waals surface area contributed by atoms with Crippen molar-refractivity contribution in [2.75, 3.05) is 0 Å². The molecule has 6 nitrogen and oxygen atoms in total. The summed E-state index contributed by atoms with van der Waals surface area (Å²) >= 11 is 2.90. The normalized spacial score (nSPS) is 12.6. The maximum Gasteiger partial charge on any atom is 0.321 e. The van der Waals surface area contributed by atoms with Gasteiger partial charge in [0.1, 0.15) is 16.2 Å². The van der Waals surface area contributed by atoms with Gasteiger partial charge in [-0.1, -0.05) is 42.1 Å². The number of fused-ring (bicyclic) bond motifs is 1. The van der Waals surface area contributed by atoms with Crippen LogP contribution in [0.25, 0.3) is 20.7 Å². The van der Waals surface area contributed by atoms with Crippen LogP contribution in [-0.2, 0) is 4.79 Å². The summed E-state index contributed by atoms with van der Waals surface area (Å²) in [5, 5.41) is 6.25. The van der Waals surface area contributed by atoms with E-state index in [-0.39, 0.29) is 5.91 Å². The quantitative estimate of drug-likeness (QED) is 0.486. The highest BCUT2D eigenvalue weighted by atomic mass is 32.2. The van der Waals surface area contributed by atoms with Gasteiger partial charge in [-0.25, -0.2) is 14.8 Å². The molecule has 0 saturated carbocycles. The molecule has 1 unspecified atom stereocenters. The van der Waals surface area contributed by atoms with Gasteiger partial charge in [0, 0.05) is 15.8 Å². The highest BCUT2D eigenvalue weighted by Crippen LogP contribution is 2.37. The predicted octanol–water partition coefficient (Wildman–Crippen LogP) is 4.46. The zero-order chi connectivity index (χ0) is 20.3. The van der Waals surface area contributed by atoms with E-state index in [0.29, 0.717) is 0 Å². The molecular weight excluding hydrogens is 392 g/mol. The van der Waals surface area contributed by atoms with E-state index in [1.54, 1.807) is 18.3 Å². The summed E-state index contributed by atoms with van der Waals surface area (Å²) < 4.78 is 0. The molecule has 0 aliphatic heterocycles. The number of rotatable bonds is 4. The van der Waals surface area contributed by atoms with Crippen LogP contribution in [0.5, 0.6) is 0 Å². The minimum atomic E-state index is -0.500. The first kappa shape index (κ1) is 20.3. The summed E-state index contributed by atoms with van der Waals surface area (Å²) in [4.78, 5) is 35.0. The first-order valence-electron chi connectivity index (χ1n) is 8.82. The molecule has 0 radical (unpaired) electrons. The minimum Gasteiger partial charge on any atom is -0.333 e. The highest BCUT2D eigenvalue weighted by Gasteiger charge is 2.22. The summed E-state index contributed by atoms with van der Waals surface area (Å²) in [6, 6.07) is 11.6. The van der Waals surface area contributed by atoms with Crippen molar-refractivity contribution in [1.82, 2.24) is 20.6 Å². The van der Waals surface area contributed by atoms with Gasteiger partial charge in [0.25, 0.3) is 0 Å². The van der Waals surface area contributed by atoms with Gasteiger partial charge in [-0.05, 0) is 39.3 Å². The van der Waals surface area contributed by atoms with Crippen molar-refractivity contribution in [1.29, 1.82) is 0 Å². The summed E-state index contributed by atoms with van der Waals surface area (Å²) in [5.41, 5.74) is 0.704. The summed E-state index contributed by atoms with van der Waals surface area (Å²) in [7, 11) is 0. The average Bonchev–Trinajstić information content (AvgIpc) is 3.06. The fourth-order valence-corrected chi connectivity index (χ4v) is 4.44. The zero-order valence-electron chi connectivity index (χ0n) is 16.1. The third-order valence-electron chi connectivity index (χ3n) is 3.73. The lowest BCUT2D eigenvalue weighted by Gasteiger charge is -2.21. The number of benzene rings is 1. The number of hydrogen-bond donors (Lipinski definition) is 2. The molecule has 28 heavy (non-hydrogen) atoms. The van der Waals surface area contributed by atoms with Gasteiger partial charge < -0.3 is 5.32 Å². The van der Waals surface area contributed by atoms with Crippen LogP contribution < -0.4 is 10.6 Å². The van der Waals surface area contributed by atoms with Gasteiger partial charge in [-0.15, -0.1) is 11.3 Å².